The van der Waals surface area contributed by atoms with Gasteiger partial charge in [0.05, 0.1) is 6.04 Å². The van der Waals surface area contributed by atoms with E-state index in [-0.39, 0.29) is 11.8 Å². The van der Waals surface area contributed by atoms with Crippen molar-refractivity contribution in [3.63, 3.8) is 0 Å². The van der Waals surface area contributed by atoms with Crippen LogP contribution in [0.15, 0.2) is 60.7 Å². The van der Waals surface area contributed by atoms with Crippen LogP contribution in [0.1, 0.15) is 28.4 Å². The van der Waals surface area contributed by atoms with Crippen LogP contribution in [-0.2, 0) is 0 Å². The predicted octanol–water partition coefficient (Wildman–Crippen LogP) is 5.23. The fourth-order valence-electron chi connectivity index (χ4n) is 3.16. The van der Waals surface area contributed by atoms with Crippen LogP contribution in [0.4, 0.5) is 5.69 Å². The van der Waals surface area contributed by atoms with E-state index in [0.29, 0.717) is 11.4 Å². The average Bonchev–Trinajstić information content (AvgIpc) is 2.54. The Morgan fingerprint density at radius 3 is 2.59 bits per heavy atom. The number of halogens is 1. The minimum atomic E-state index is -0.0742. The summed E-state index contributed by atoms with van der Waals surface area (Å²) in [5.74, 6) is 0.162. The van der Waals surface area contributed by atoms with Crippen molar-refractivity contribution in [3.05, 3.63) is 76.8 Å². The van der Waals surface area contributed by atoms with Crippen molar-refractivity contribution in [1.29, 1.82) is 0 Å². The summed E-state index contributed by atoms with van der Waals surface area (Å²) in [7, 11) is 0. The van der Waals surface area contributed by atoms with E-state index in [0.717, 1.165) is 27.6 Å². The number of nitrogens with one attached hydrogen (secondary N) is 1. The highest BCUT2D eigenvalue weighted by Gasteiger charge is 2.28. The molecule has 3 heteroatoms. The lowest BCUT2D eigenvalue weighted by molar-refractivity contribution is 0.0974. The van der Waals surface area contributed by atoms with E-state index < -0.39 is 0 Å². The summed E-state index contributed by atoms with van der Waals surface area (Å²) in [5, 5.41) is 6.26. The first kappa shape index (κ1) is 13.4. The summed E-state index contributed by atoms with van der Waals surface area (Å²) < 4.78 is 0. The maximum absolute atomic E-state index is 12.7. The van der Waals surface area contributed by atoms with Gasteiger partial charge in [-0.1, -0.05) is 60.1 Å². The second-order valence-corrected chi connectivity index (χ2v) is 5.96. The number of ketones is 1. The van der Waals surface area contributed by atoms with Gasteiger partial charge in [-0.05, 0) is 28.5 Å². The summed E-state index contributed by atoms with van der Waals surface area (Å²) in [6, 6.07) is 19.6. The molecule has 2 nitrogen and oxygen atoms in total. The third-order valence-corrected chi connectivity index (χ3v) is 4.55. The lowest BCUT2D eigenvalue weighted by Gasteiger charge is -2.28. The van der Waals surface area contributed by atoms with Crippen LogP contribution in [0, 0.1) is 0 Å². The Morgan fingerprint density at radius 1 is 0.955 bits per heavy atom. The molecule has 1 heterocycles. The first-order chi connectivity index (χ1) is 10.7. The molecule has 0 fully saturated rings. The molecular weight excluding hydrogens is 294 g/mol. The zero-order valence-corrected chi connectivity index (χ0v) is 12.6. The van der Waals surface area contributed by atoms with E-state index in [1.54, 1.807) is 0 Å². The second-order valence-electron chi connectivity index (χ2n) is 5.55. The molecule has 0 amide bonds. The van der Waals surface area contributed by atoms with Gasteiger partial charge in [0.25, 0.3) is 0 Å². The number of rotatable bonds is 1. The van der Waals surface area contributed by atoms with Crippen LogP contribution < -0.4 is 5.32 Å². The summed E-state index contributed by atoms with van der Waals surface area (Å²) in [4.78, 5) is 12.7. The van der Waals surface area contributed by atoms with E-state index in [2.05, 4.69) is 5.32 Å². The van der Waals surface area contributed by atoms with E-state index in [9.17, 15) is 4.79 Å². The fourth-order valence-corrected chi connectivity index (χ4v) is 3.43. The van der Waals surface area contributed by atoms with Gasteiger partial charge in [-0.15, -0.1) is 0 Å². The highest BCUT2D eigenvalue weighted by molar-refractivity contribution is 6.31. The summed E-state index contributed by atoms with van der Waals surface area (Å²) >= 11 is 6.28. The Balaban J connectivity index is 1.83. The number of carbonyl (C=O) groups excluding carboxylic acids is 1. The lowest BCUT2D eigenvalue weighted by atomic mass is 9.89. The molecule has 1 N–H and O–H groups in total. The normalized spacial score (nSPS) is 17.1. The van der Waals surface area contributed by atoms with Gasteiger partial charge >= 0.3 is 0 Å². The van der Waals surface area contributed by atoms with Crippen molar-refractivity contribution < 1.29 is 4.79 Å². The molecule has 1 unspecified atom stereocenters. The number of Topliss-reactive ketones (excluding diaryl/α,β-unsaturated/α-hetero) is 1. The van der Waals surface area contributed by atoms with Gasteiger partial charge in [-0.2, -0.15) is 0 Å². The zero-order valence-electron chi connectivity index (χ0n) is 11.8. The maximum atomic E-state index is 12.7. The number of hydrogen-bond donors (Lipinski definition) is 1. The molecule has 0 aromatic heterocycles. The second kappa shape index (κ2) is 5.15. The molecule has 0 saturated heterocycles. The van der Waals surface area contributed by atoms with Crippen LogP contribution in [-0.4, -0.2) is 5.78 Å². The summed E-state index contributed by atoms with van der Waals surface area (Å²) in [6.07, 6.45) is 0.421. The van der Waals surface area contributed by atoms with Gasteiger partial charge in [-0.25, -0.2) is 0 Å². The molecule has 4 rings (SSSR count). The summed E-state index contributed by atoms with van der Waals surface area (Å²) in [5.41, 5.74) is 2.65. The van der Waals surface area contributed by atoms with Crippen molar-refractivity contribution in [2.24, 2.45) is 0 Å². The van der Waals surface area contributed by atoms with Crippen LogP contribution in [0.3, 0.4) is 0 Å². The van der Waals surface area contributed by atoms with Gasteiger partial charge in [0.15, 0.2) is 5.78 Å². The molecule has 108 valence electrons. The molecule has 1 aliphatic heterocycles. The number of hydrogen-bond acceptors (Lipinski definition) is 2. The Hall–Kier alpha value is -2.32. The molecule has 0 bridgehead atoms. The van der Waals surface area contributed by atoms with Gasteiger partial charge in [0.2, 0.25) is 0 Å². The van der Waals surface area contributed by atoms with Crippen molar-refractivity contribution in [2.45, 2.75) is 12.5 Å². The van der Waals surface area contributed by atoms with Crippen LogP contribution >= 0.6 is 11.6 Å². The third kappa shape index (κ3) is 2.08. The smallest absolute Gasteiger partial charge is 0.167 e. The molecule has 3 aromatic rings. The predicted molar refractivity (Wildman–Crippen MR) is 90.7 cm³/mol. The van der Waals surface area contributed by atoms with E-state index in [4.69, 9.17) is 11.6 Å². The lowest BCUT2D eigenvalue weighted by Crippen LogP contribution is -2.23. The van der Waals surface area contributed by atoms with E-state index in [1.807, 2.05) is 60.7 Å². The van der Waals surface area contributed by atoms with Gasteiger partial charge in [-0.3, -0.25) is 4.79 Å². The van der Waals surface area contributed by atoms with E-state index >= 15 is 0 Å². The first-order valence-electron chi connectivity index (χ1n) is 7.30. The van der Waals surface area contributed by atoms with Crippen LogP contribution in [0.5, 0.6) is 0 Å². The molecule has 0 radical (unpaired) electrons. The highest BCUT2D eigenvalue weighted by atomic mass is 35.5. The van der Waals surface area contributed by atoms with Crippen LogP contribution in [0.2, 0.25) is 5.02 Å². The van der Waals surface area contributed by atoms with Gasteiger partial charge in [0, 0.05) is 22.7 Å². The molecule has 0 saturated carbocycles. The Kier molecular flexibility index (Phi) is 3.12. The largest absolute Gasteiger partial charge is 0.377 e. The van der Waals surface area contributed by atoms with Crippen LogP contribution in [0.25, 0.3) is 10.8 Å². The van der Waals surface area contributed by atoms with Gasteiger partial charge in [0.1, 0.15) is 0 Å². The average molecular weight is 308 g/mol. The number of benzene rings is 3. The molecular formula is C19H14ClNO. The van der Waals surface area contributed by atoms with Crippen molar-refractivity contribution in [2.75, 3.05) is 5.32 Å². The van der Waals surface area contributed by atoms with Crippen molar-refractivity contribution >= 4 is 33.8 Å². The molecule has 1 aliphatic rings. The summed E-state index contributed by atoms with van der Waals surface area (Å²) in [6.45, 7) is 0. The van der Waals surface area contributed by atoms with Crippen molar-refractivity contribution in [3.8, 4) is 0 Å². The maximum Gasteiger partial charge on any atom is 0.167 e. The number of fused-ring (bicyclic) bond motifs is 3. The molecule has 0 aliphatic carbocycles. The molecule has 0 spiro atoms. The Morgan fingerprint density at radius 2 is 1.73 bits per heavy atom. The SMILES string of the molecule is O=C1CC(c2ccccc2Cl)Nc2ccc3ccccc3c21. The molecule has 1 atom stereocenters. The minimum absolute atomic E-state index is 0.0742. The fraction of sp³-hybridized carbons (Fsp3) is 0.105. The minimum Gasteiger partial charge on any atom is -0.377 e. The highest BCUT2D eigenvalue weighted by Crippen LogP contribution is 2.38. The Bertz CT molecular complexity index is 887. The third-order valence-electron chi connectivity index (χ3n) is 4.21. The number of carbonyl (C=O) groups is 1. The monoisotopic (exact) mass is 307 g/mol. The van der Waals surface area contributed by atoms with Crippen molar-refractivity contribution in [1.82, 2.24) is 0 Å². The molecule has 22 heavy (non-hydrogen) atoms. The Labute approximate surface area is 133 Å². The molecule has 3 aromatic carbocycles. The standard InChI is InChI=1S/C19H14ClNO/c20-15-8-4-3-7-14(15)17-11-18(22)19-13-6-2-1-5-12(13)9-10-16(19)21-17/h1-10,17,21H,11H2. The zero-order chi connectivity index (χ0) is 15.1. The quantitative estimate of drug-likeness (QED) is 0.666. The first-order valence-corrected chi connectivity index (χ1v) is 7.68. The van der Waals surface area contributed by atoms with Gasteiger partial charge < -0.3 is 5.32 Å². The topological polar surface area (TPSA) is 29.1 Å². The number of anilines is 1. The van der Waals surface area contributed by atoms with E-state index in [1.165, 1.54) is 0 Å².